The predicted octanol–water partition coefficient (Wildman–Crippen LogP) is 1.07. The van der Waals surface area contributed by atoms with Crippen molar-refractivity contribution in [3.8, 4) is 0 Å². The van der Waals surface area contributed by atoms with Gasteiger partial charge in [0.05, 0.1) is 11.3 Å². The molecule has 2 N–H and O–H groups in total. The van der Waals surface area contributed by atoms with Crippen molar-refractivity contribution in [1.29, 1.82) is 0 Å². The first-order valence-corrected chi connectivity index (χ1v) is 6.06. The standard InChI is InChI=1S/C13H12FN3O4/c1-17-11(18)5-4-9(16-17)12(19)15-10-6-7(14)2-3-8(10)13(20)21/h2-3,6H,4-5H2,1H3,(H,15,19)(H,20,21). The highest BCUT2D eigenvalue weighted by Gasteiger charge is 2.23. The number of nitrogens with zero attached hydrogens (tertiary/aromatic N) is 2. The van der Waals surface area contributed by atoms with Crippen molar-refractivity contribution in [2.45, 2.75) is 12.8 Å². The van der Waals surface area contributed by atoms with Crippen LogP contribution in [0.2, 0.25) is 0 Å². The van der Waals surface area contributed by atoms with Gasteiger partial charge < -0.3 is 10.4 Å². The summed E-state index contributed by atoms with van der Waals surface area (Å²) >= 11 is 0. The van der Waals surface area contributed by atoms with Gasteiger partial charge in [-0.15, -0.1) is 0 Å². The van der Waals surface area contributed by atoms with Gasteiger partial charge in [-0.1, -0.05) is 0 Å². The van der Waals surface area contributed by atoms with E-state index in [-0.39, 0.29) is 35.7 Å². The largest absolute Gasteiger partial charge is 0.478 e. The second kappa shape index (κ2) is 5.70. The van der Waals surface area contributed by atoms with E-state index in [0.29, 0.717) is 0 Å². The van der Waals surface area contributed by atoms with Gasteiger partial charge in [-0.2, -0.15) is 5.10 Å². The van der Waals surface area contributed by atoms with E-state index >= 15 is 0 Å². The molecule has 0 spiro atoms. The smallest absolute Gasteiger partial charge is 0.337 e. The summed E-state index contributed by atoms with van der Waals surface area (Å²) in [7, 11) is 1.42. The van der Waals surface area contributed by atoms with Gasteiger partial charge in [0, 0.05) is 19.9 Å². The van der Waals surface area contributed by atoms with E-state index in [1.54, 1.807) is 0 Å². The van der Waals surface area contributed by atoms with Crippen LogP contribution >= 0.6 is 0 Å². The number of hydrogen-bond donors (Lipinski definition) is 2. The molecular formula is C13H12FN3O4. The fourth-order valence-corrected chi connectivity index (χ4v) is 1.83. The number of rotatable bonds is 3. The van der Waals surface area contributed by atoms with E-state index in [4.69, 9.17) is 5.11 Å². The number of benzene rings is 1. The molecule has 0 aliphatic carbocycles. The van der Waals surface area contributed by atoms with Gasteiger partial charge in [-0.3, -0.25) is 9.59 Å². The molecule has 21 heavy (non-hydrogen) atoms. The first-order valence-electron chi connectivity index (χ1n) is 6.06. The number of carboxylic acids is 1. The van der Waals surface area contributed by atoms with Gasteiger partial charge in [-0.25, -0.2) is 14.2 Å². The first-order chi connectivity index (χ1) is 9.88. The molecule has 8 heteroatoms. The van der Waals surface area contributed by atoms with Crippen molar-refractivity contribution in [2.75, 3.05) is 12.4 Å². The number of aromatic carboxylic acids is 1. The summed E-state index contributed by atoms with van der Waals surface area (Å²) in [6.45, 7) is 0. The lowest BCUT2D eigenvalue weighted by Crippen LogP contribution is -2.34. The van der Waals surface area contributed by atoms with Crippen LogP contribution in [0.3, 0.4) is 0 Å². The second-order valence-corrected chi connectivity index (χ2v) is 4.41. The molecule has 2 amide bonds. The third-order valence-electron chi connectivity index (χ3n) is 2.93. The lowest BCUT2D eigenvalue weighted by Gasteiger charge is -2.19. The Morgan fingerprint density at radius 3 is 2.71 bits per heavy atom. The summed E-state index contributed by atoms with van der Waals surface area (Å²) in [6, 6.07) is 2.97. The molecule has 0 saturated heterocycles. The molecule has 0 saturated carbocycles. The Morgan fingerprint density at radius 2 is 2.10 bits per heavy atom. The number of carbonyl (C=O) groups is 3. The van der Waals surface area contributed by atoms with Crippen LogP contribution in [0.15, 0.2) is 23.3 Å². The molecular weight excluding hydrogens is 281 g/mol. The molecule has 0 bridgehead atoms. The Balaban J connectivity index is 2.24. The van der Waals surface area contributed by atoms with Crippen LogP contribution in [-0.4, -0.2) is 40.7 Å². The summed E-state index contributed by atoms with van der Waals surface area (Å²) in [5, 5.41) is 16.2. The third-order valence-corrected chi connectivity index (χ3v) is 2.93. The molecule has 0 radical (unpaired) electrons. The maximum absolute atomic E-state index is 13.2. The molecule has 7 nitrogen and oxygen atoms in total. The molecule has 1 aromatic carbocycles. The minimum absolute atomic E-state index is 0.0812. The zero-order valence-corrected chi connectivity index (χ0v) is 11.1. The molecule has 1 aliphatic heterocycles. The SMILES string of the molecule is CN1N=C(C(=O)Nc2cc(F)ccc2C(=O)O)CCC1=O. The van der Waals surface area contributed by atoms with Crippen molar-refractivity contribution < 1.29 is 23.9 Å². The van der Waals surface area contributed by atoms with Crippen LogP contribution in [0.4, 0.5) is 10.1 Å². The van der Waals surface area contributed by atoms with Crippen molar-refractivity contribution in [3.63, 3.8) is 0 Å². The normalized spacial score (nSPS) is 14.7. The summed E-state index contributed by atoms with van der Waals surface area (Å²) in [6.07, 6.45) is 0.282. The van der Waals surface area contributed by atoms with Gasteiger partial charge >= 0.3 is 5.97 Å². The van der Waals surface area contributed by atoms with E-state index < -0.39 is 17.7 Å². The van der Waals surface area contributed by atoms with Gasteiger partial charge in [-0.05, 0) is 18.2 Å². The van der Waals surface area contributed by atoms with Crippen LogP contribution in [0.1, 0.15) is 23.2 Å². The quantitative estimate of drug-likeness (QED) is 0.870. The molecule has 0 fully saturated rings. The Labute approximate surface area is 119 Å². The van der Waals surface area contributed by atoms with Crippen LogP contribution in [0, 0.1) is 5.82 Å². The highest BCUT2D eigenvalue weighted by molar-refractivity contribution is 6.43. The van der Waals surface area contributed by atoms with Gasteiger partial charge in [0.2, 0.25) is 5.91 Å². The third kappa shape index (κ3) is 3.22. The van der Waals surface area contributed by atoms with Crippen LogP contribution in [-0.2, 0) is 9.59 Å². The monoisotopic (exact) mass is 293 g/mol. The number of hydrazone groups is 1. The summed E-state index contributed by atoms with van der Waals surface area (Å²) in [5.41, 5.74) is -0.307. The number of amides is 2. The Morgan fingerprint density at radius 1 is 1.38 bits per heavy atom. The zero-order chi connectivity index (χ0) is 15.6. The first kappa shape index (κ1) is 14.6. The van der Waals surface area contributed by atoms with E-state index in [0.717, 1.165) is 23.2 Å². The Hall–Kier alpha value is -2.77. The summed E-state index contributed by atoms with van der Waals surface area (Å²) < 4.78 is 13.2. The highest BCUT2D eigenvalue weighted by atomic mass is 19.1. The fraction of sp³-hybridized carbons (Fsp3) is 0.231. The molecule has 110 valence electrons. The minimum Gasteiger partial charge on any atom is -0.478 e. The molecule has 1 aliphatic rings. The minimum atomic E-state index is -1.29. The predicted molar refractivity (Wildman–Crippen MR) is 71.4 cm³/mol. The average molecular weight is 293 g/mol. The Bertz CT molecular complexity index is 657. The molecule has 2 rings (SSSR count). The molecule has 1 heterocycles. The number of halogens is 1. The molecule has 0 unspecified atom stereocenters. The average Bonchev–Trinajstić information content (AvgIpc) is 2.41. The van der Waals surface area contributed by atoms with E-state index in [1.165, 1.54) is 7.05 Å². The van der Waals surface area contributed by atoms with Crippen LogP contribution < -0.4 is 5.32 Å². The van der Waals surface area contributed by atoms with E-state index in [1.807, 2.05) is 0 Å². The maximum atomic E-state index is 13.2. The van der Waals surface area contributed by atoms with Crippen molar-refractivity contribution in [2.24, 2.45) is 5.10 Å². The van der Waals surface area contributed by atoms with Crippen LogP contribution in [0.25, 0.3) is 0 Å². The zero-order valence-electron chi connectivity index (χ0n) is 11.1. The van der Waals surface area contributed by atoms with E-state index in [9.17, 15) is 18.8 Å². The van der Waals surface area contributed by atoms with Crippen molar-refractivity contribution in [1.82, 2.24) is 5.01 Å². The van der Waals surface area contributed by atoms with E-state index in [2.05, 4.69) is 10.4 Å². The second-order valence-electron chi connectivity index (χ2n) is 4.41. The number of nitrogens with one attached hydrogen (secondary N) is 1. The summed E-state index contributed by atoms with van der Waals surface area (Å²) in [5.74, 6) is -2.85. The van der Waals surface area contributed by atoms with Gasteiger partial charge in [0.25, 0.3) is 5.91 Å². The summed E-state index contributed by atoms with van der Waals surface area (Å²) in [4.78, 5) is 34.3. The number of anilines is 1. The topological polar surface area (TPSA) is 99.1 Å². The maximum Gasteiger partial charge on any atom is 0.337 e. The number of hydrogen-bond acceptors (Lipinski definition) is 4. The lowest BCUT2D eigenvalue weighted by atomic mass is 10.1. The fourth-order valence-electron chi connectivity index (χ4n) is 1.83. The number of carbonyl (C=O) groups excluding carboxylic acids is 2. The lowest BCUT2D eigenvalue weighted by molar-refractivity contribution is -0.130. The highest BCUT2D eigenvalue weighted by Crippen LogP contribution is 2.18. The van der Waals surface area contributed by atoms with Crippen molar-refractivity contribution >= 4 is 29.2 Å². The molecule has 0 atom stereocenters. The van der Waals surface area contributed by atoms with Crippen molar-refractivity contribution in [3.05, 3.63) is 29.6 Å². The molecule has 1 aromatic rings. The molecule has 0 aromatic heterocycles. The van der Waals surface area contributed by atoms with Gasteiger partial charge in [0.15, 0.2) is 0 Å². The van der Waals surface area contributed by atoms with Gasteiger partial charge in [0.1, 0.15) is 11.5 Å². The Kier molecular flexibility index (Phi) is 3.97. The number of carboxylic acid groups (broad SMARTS) is 1. The van der Waals surface area contributed by atoms with Crippen LogP contribution in [0.5, 0.6) is 0 Å².